The largest absolute Gasteiger partial charge is 0.454 e. The summed E-state index contributed by atoms with van der Waals surface area (Å²) in [6.07, 6.45) is 0. The van der Waals surface area contributed by atoms with Crippen LogP contribution < -0.4 is 4.90 Å². The summed E-state index contributed by atoms with van der Waals surface area (Å²) in [5.74, 6) is 0. The van der Waals surface area contributed by atoms with Gasteiger partial charge in [0.25, 0.3) is 0 Å². The summed E-state index contributed by atoms with van der Waals surface area (Å²) >= 11 is 0. The van der Waals surface area contributed by atoms with Crippen molar-refractivity contribution >= 4 is 33.3 Å². The zero-order valence-electron chi connectivity index (χ0n) is 20.6. The number of benzene rings is 5. The molecule has 0 saturated heterocycles. The minimum atomic E-state index is -0.118. The molecule has 0 N–H and O–H groups in total. The Morgan fingerprint density at radius 2 is 1.17 bits per heavy atom. The molecular weight excluding hydrogens is 438 g/mol. The number of fused-ring (bicyclic) bond motifs is 13. The molecule has 1 aliphatic heterocycles. The highest BCUT2D eigenvalue weighted by atomic mass is 16.3. The molecule has 36 heavy (non-hydrogen) atoms. The topological polar surface area (TPSA) is 16.4 Å². The summed E-state index contributed by atoms with van der Waals surface area (Å²) in [5.41, 5.74) is 14.6. The Morgan fingerprint density at radius 1 is 0.556 bits per heavy atom. The van der Waals surface area contributed by atoms with Gasteiger partial charge in [-0.05, 0) is 45.5 Å². The first-order chi connectivity index (χ1) is 17.6. The molecule has 0 fully saturated rings. The van der Waals surface area contributed by atoms with Gasteiger partial charge in [-0.1, -0.05) is 98.8 Å². The third-order valence-corrected chi connectivity index (χ3v) is 8.39. The molecule has 2 heteroatoms. The third kappa shape index (κ3) is 2.32. The first kappa shape index (κ1) is 19.9. The maximum absolute atomic E-state index is 6.60. The average Bonchev–Trinajstić information content (AvgIpc) is 3.36. The molecule has 0 atom stereocenters. The maximum Gasteiger partial charge on any atom is 0.159 e. The van der Waals surface area contributed by atoms with Crippen molar-refractivity contribution in [1.82, 2.24) is 0 Å². The Bertz CT molecular complexity index is 1890. The second-order valence-electron chi connectivity index (χ2n) is 10.6. The molecule has 6 aromatic rings. The Morgan fingerprint density at radius 3 is 1.97 bits per heavy atom. The van der Waals surface area contributed by atoms with Gasteiger partial charge in [0.15, 0.2) is 5.58 Å². The lowest BCUT2D eigenvalue weighted by Gasteiger charge is -2.31. The van der Waals surface area contributed by atoms with Gasteiger partial charge in [0.05, 0.1) is 11.4 Å². The Balaban J connectivity index is 1.55. The lowest BCUT2D eigenvalue weighted by atomic mass is 9.80. The van der Waals surface area contributed by atoms with Gasteiger partial charge in [0, 0.05) is 34.4 Å². The first-order valence-corrected chi connectivity index (χ1v) is 12.6. The number of furan rings is 1. The molecule has 1 aliphatic carbocycles. The highest BCUT2D eigenvalue weighted by molar-refractivity contribution is 6.15. The van der Waals surface area contributed by atoms with Crippen LogP contribution in [-0.2, 0) is 5.41 Å². The van der Waals surface area contributed by atoms with E-state index >= 15 is 0 Å². The minimum Gasteiger partial charge on any atom is -0.454 e. The third-order valence-electron chi connectivity index (χ3n) is 8.39. The second-order valence-corrected chi connectivity index (χ2v) is 10.6. The summed E-state index contributed by atoms with van der Waals surface area (Å²) in [5, 5.41) is 2.32. The lowest BCUT2D eigenvalue weighted by Crippen LogP contribution is -2.21. The van der Waals surface area contributed by atoms with Gasteiger partial charge in [0.2, 0.25) is 0 Å². The van der Waals surface area contributed by atoms with Crippen molar-refractivity contribution in [2.24, 2.45) is 0 Å². The van der Waals surface area contributed by atoms with Crippen LogP contribution in [0.25, 0.3) is 55.3 Å². The molecule has 0 saturated carbocycles. The van der Waals surface area contributed by atoms with Crippen LogP contribution in [0, 0.1) is 0 Å². The Labute approximate surface area is 210 Å². The molecule has 2 heterocycles. The number of hydrogen-bond donors (Lipinski definition) is 0. The molecule has 0 radical (unpaired) electrons. The Hall–Kier alpha value is -4.30. The summed E-state index contributed by atoms with van der Waals surface area (Å²) in [7, 11) is 2.22. The molecule has 1 aromatic heterocycles. The van der Waals surface area contributed by atoms with Crippen molar-refractivity contribution in [3.8, 4) is 33.4 Å². The van der Waals surface area contributed by atoms with E-state index in [1.165, 1.54) is 50.2 Å². The summed E-state index contributed by atoms with van der Waals surface area (Å²) < 4.78 is 6.60. The summed E-state index contributed by atoms with van der Waals surface area (Å²) in [6, 6.07) is 35.2. The van der Waals surface area contributed by atoms with Gasteiger partial charge < -0.3 is 9.32 Å². The fraction of sp³-hybridized carbons (Fsp3) is 0.118. The van der Waals surface area contributed by atoms with Crippen molar-refractivity contribution in [2.75, 3.05) is 11.9 Å². The van der Waals surface area contributed by atoms with Crippen molar-refractivity contribution in [3.05, 3.63) is 108 Å². The molecule has 0 spiro atoms. The van der Waals surface area contributed by atoms with Crippen LogP contribution in [0.5, 0.6) is 0 Å². The molecule has 2 nitrogen and oxygen atoms in total. The summed E-state index contributed by atoms with van der Waals surface area (Å²) in [6.45, 7) is 4.73. The lowest BCUT2D eigenvalue weighted by molar-refractivity contribution is 0.658. The van der Waals surface area contributed by atoms with Gasteiger partial charge in [-0.15, -0.1) is 0 Å². The predicted molar refractivity (Wildman–Crippen MR) is 150 cm³/mol. The van der Waals surface area contributed by atoms with Crippen molar-refractivity contribution in [3.63, 3.8) is 0 Å². The first-order valence-electron chi connectivity index (χ1n) is 12.6. The second kappa shape index (κ2) is 6.67. The van der Waals surface area contributed by atoms with E-state index in [0.717, 1.165) is 27.6 Å². The smallest absolute Gasteiger partial charge is 0.159 e. The van der Waals surface area contributed by atoms with E-state index in [1.807, 2.05) is 6.07 Å². The van der Waals surface area contributed by atoms with Crippen LogP contribution >= 0.6 is 0 Å². The Kier molecular flexibility index (Phi) is 3.70. The van der Waals surface area contributed by atoms with Crippen LogP contribution in [0.15, 0.2) is 101 Å². The van der Waals surface area contributed by atoms with Crippen molar-refractivity contribution < 1.29 is 4.42 Å². The number of rotatable bonds is 0. The molecular formula is C34H25NO. The van der Waals surface area contributed by atoms with Gasteiger partial charge >= 0.3 is 0 Å². The molecule has 5 aromatic carbocycles. The van der Waals surface area contributed by atoms with Gasteiger partial charge in [-0.25, -0.2) is 0 Å². The van der Waals surface area contributed by atoms with E-state index in [2.05, 4.69) is 117 Å². The quantitative estimate of drug-likeness (QED) is 0.223. The fourth-order valence-electron chi connectivity index (χ4n) is 6.80. The van der Waals surface area contributed by atoms with Gasteiger partial charge in [0.1, 0.15) is 5.58 Å². The predicted octanol–water partition coefficient (Wildman–Crippen LogP) is 9.31. The molecule has 0 amide bonds. The van der Waals surface area contributed by atoms with Crippen LogP contribution in [0.4, 0.5) is 11.4 Å². The van der Waals surface area contributed by atoms with Crippen LogP contribution in [0.3, 0.4) is 0 Å². The average molecular weight is 464 g/mol. The molecule has 0 unspecified atom stereocenters. The van der Waals surface area contributed by atoms with E-state index in [0.29, 0.717) is 0 Å². The van der Waals surface area contributed by atoms with E-state index in [-0.39, 0.29) is 5.41 Å². The molecule has 8 rings (SSSR count). The van der Waals surface area contributed by atoms with Gasteiger partial charge in [-0.2, -0.15) is 0 Å². The monoisotopic (exact) mass is 463 g/mol. The molecule has 172 valence electrons. The number of nitrogens with zero attached hydrogens (tertiary/aromatic N) is 1. The van der Waals surface area contributed by atoms with E-state index < -0.39 is 0 Å². The molecule has 2 aliphatic rings. The fourth-order valence-corrected chi connectivity index (χ4v) is 6.80. The standard InChI is InChI=1S/C34H25NO/c1-34(2)28-14-8-6-12-22(28)24-16-17-25-20-10-4-5-11-21(20)26-18-19-27-23-13-7-9-15-29(23)36-33(27)32(26)35(3)31(25)30(24)34/h4-19H,1-3H3. The number of hydrogen-bond acceptors (Lipinski definition) is 2. The minimum absolute atomic E-state index is 0.118. The van der Waals surface area contributed by atoms with Gasteiger partial charge in [-0.3, -0.25) is 0 Å². The maximum atomic E-state index is 6.60. The van der Waals surface area contributed by atoms with E-state index in [1.54, 1.807) is 0 Å². The molecule has 0 bridgehead atoms. The zero-order valence-corrected chi connectivity index (χ0v) is 20.6. The highest BCUT2D eigenvalue weighted by Crippen LogP contribution is 2.58. The van der Waals surface area contributed by atoms with Crippen LogP contribution in [-0.4, -0.2) is 7.05 Å². The van der Waals surface area contributed by atoms with Crippen molar-refractivity contribution in [1.29, 1.82) is 0 Å². The normalized spacial score (nSPS) is 14.7. The van der Waals surface area contributed by atoms with Crippen LogP contribution in [0.1, 0.15) is 25.0 Å². The number of anilines is 2. The van der Waals surface area contributed by atoms with E-state index in [9.17, 15) is 0 Å². The van der Waals surface area contributed by atoms with Crippen molar-refractivity contribution in [2.45, 2.75) is 19.3 Å². The van der Waals surface area contributed by atoms with E-state index in [4.69, 9.17) is 4.42 Å². The van der Waals surface area contributed by atoms with Crippen LogP contribution in [0.2, 0.25) is 0 Å². The summed E-state index contributed by atoms with van der Waals surface area (Å²) in [4.78, 5) is 2.40. The SMILES string of the molecule is CN1c2c(ccc3c2C(C)(C)c2ccccc2-3)-c2ccccc2-c2ccc3c(oc4ccccc43)c21. The highest BCUT2D eigenvalue weighted by Gasteiger charge is 2.40. The zero-order chi connectivity index (χ0) is 24.2. The number of para-hydroxylation sites is 1.